The first-order valence-electron chi connectivity index (χ1n) is 15.7. The number of nitro groups is 1. The number of carbonyl (C=O) groups excluding carboxylic acids is 4. The van der Waals surface area contributed by atoms with Crippen LogP contribution >= 0.6 is 11.8 Å². The van der Waals surface area contributed by atoms with E-state index in [1.165, 1.54) is 39.8 Å². The van der Waals surface area contributed by atoms with E-state index in [4.69, 9.17) is 9.47 Å². The monoisotopic (exact) mass is 682 g/mol. The van der Waals surface area contributed by atoms with Gasteiger partial charge in [0.1, 0.15) is 22.7 Å². The highest BCUT2D eigenvalue weighted by Crippen LogP contribution is 2.43. The Morgan fingerprint density at radius 1 is 1.00 bits per heavy atom. The molecule has 6 rings (SSSR count). The lowest BCUT2D eigenvalue weighted by molar-refractivity contribution is -0.384. The number of nitrogens with one attached hydrogen (secondary N) is 1. The molecule has 0 bridgehead atoms. The molecular formula is C36H34N4O8S. The van der Waals surface area contributed by atoms with Gasteiger partial charge in [-0.15, -0.1) is 11.8 Å². The summed E-state index contributed by atoms with van der Waals surface area (Å²) in [6.45, 7) is 5.43. The minimum atomic E-state index is -0.937. The van der Waals surface area contributed by atoms with Gasteiger partial charge in [0.05, 0.1) is 10.6 Å². The molecule has 3 aromatic carbocycles. The lowest BCUT2D eigenvalue weighted by atomic mass is 10.00. The minimum Gasteiger partial charge on any atom is -0.448 e. The second-order valence-corrected chi connectivity index (χ2v) is 13.8. The number of fused-ring (bicyclic) bond motifs is 1. The van der Waals surface area contributed by atoms with Crippen molar-refractivity contribution >= 4 is 47.0 Å². The van der Waals surface area contributed by atoms with E-state index < -0.39 is 46.0 Å². The summed E-state index contributed by atoms with van der Waals surface area (Å²) >= 11 is 1.34. The lowest BCUT2D eigenvalue weighted by Crippen LogP contribution is -2.70. The Bertz CT molecular complexity index is 1830. The van der Waals surface area contributed by atoms with E-state index in [2.05, 4.69) is 5.32 Å². The molecule has 252 valence electrons. The normalized spacial score (nSPS) is 19.9. The van der Waals surface area contributed by atoms with Gasteiger partial charge in [0.2, 0.25) is 0 Å². The molecule has 3 aliphatic heterocycles. The van der Waals surface area contributed by atoms with Crippen molar-refractivity contribution in [2.24, 2.45) is 0 Å². The molecule has 1 N–H and O–H groups in total. The Balaban J connectivity index is 1.35. The van der Waals surface area contributed by atoms with Crippen LogP contribution in [-0.4, -0.2) is 63.0 Å². The maximum Gasteiger partial charge on any atom is 0.408 e. The zero-order valence-electron chi connectivity index (χ0n) is 27.0. The summed E-state index contributed by atoms with van der Waals surface area (Å²) in [6.07, 6.45) is 0.378. The summed E-state index contributed by atoms with van der Waals surface area (Å²) in [5.41, 5.74) is 1.70. The molecule has 3 heterocycles. The molecule has 12 nitrogen and oxygen atoms in total. The number of hydrogen-bond donors (Lipinski definition) is 1. The molecule has 13 heteroatoms. The van der Waals surface area contributed by atoms with Crippen molar-refractivity contribution in [3.8, 4) is 0 Å². The molecule has 2 atom stereocenters. The fourth-order valence-electron chi connectivity index (χ4n) is 5.90. The van der Waals surface area contributed by atoms with Crippen LogP contribution < -0.4 is 10.2 Å². The molecule has 3 amide bonds. The van der Waals surface area contributed by atoms with Crippen molar-refractivity contribution in [1.29, 1.82) is 0 Å². The molecular weight excluding hydrogens is 648 g/mol. The van der Waals surface area contributed by atoms with Crippen LogP contribution in [0.25, 0.3) is 0 Å². The third-order valence-electron chi connectivity index (χ3n) is 8.12. The van der Waals surface area contributed by atoms with Crippen LogP contribution in [-0.2, 0) is 23.9 Å². The van der Waals surface area contributed by atoms with Gasteiger partial charge in [-0.1, -0.05) is 66.7 Å². The number of benzene rings is 3. The van der Waals surface area contributed by atoms with Gasteiger partial charge in [0, 0.05) is 30.0 Å². The molecule has 2 fully saturated rings. The maximum absolute atomic E-state index is 14.3. The highest BCUT2D eigenvalue weighted by Gasteiger charge is 2.55. The third-order valence-corrected chi connectivity index (χ3v) is 9.42. The van der Waals surface area contributed by atoms with Crippen molar-refractivity contribution in [2.45, 2.75) is 50.3 Å². The second-order valence-electron chi connectivity index (χ2n) is 12.7. The number of amides is 3. The molecule has 3 aliphatic rings. The molecule has 0 saturated carbocycles. The van der Waals surface area contributed by atoms with Gasteiger partial charge >= 0.3 is 12.1 Å². The van der Waals surface area contributed by atoms with Crippen LogP contribution in [0.2, 0.25) is 0 Å². The second kappa shape index (κ2) is 13.6. The molecule has 0 aliphatic carbocycles. The SMILES string of the molecule is CC(C)(C)OC(=O)N[C@@H]1C(=O)N2C(C(=O)OC(c3ccccc3)c3ccccc3)=C(/C=C3\CCN(c4cccc([N+](=O)[O-])c4)C3=O)CS[C@H]12. The molecule has 0 aromatic heterocycles. The zero-order valence-corrected chi connectivity index (χ0v) is 27.8. The minimum absolute atomic E-state index is 0.0121. The van der Waals surface area contributed by atoms with Crippen molar-refractivity contribution in [3.05, 3.63) is 129 Å². The third kappa shape index (κ3) is 7.07. The molecule has 3 aromatic rings. The fraction of sp³-hybridized carbons (Fsp3) is 0.278. The number of ether oxygens (including phenoxy) is 2. The van der Waals surface area contributed by atoms with Crippen molar-refractivity contribution in [3.63, 3.8) is 0 Å². The quantitative estimate of drug-likeness (QED) is 0.105. The van der Waals surface area contributed by atoms with Gasteiger partial charge in [-0.25, -0.2) is 9.59 Å². The van der Waals surface area contributed by atoms with E-state index in [-0.39, 0.29) is 29.6 Å². The first-order chi connectivity index (χ1) is 23.4. The summed E-state index contributed by atoms with van der Waals surface area (Å²) in [5.74, 6) is -1.41. The van der Waals surface area contributed by atoms with Gasteiger partial charge < -0.3 is 19.7 Å². The van der Waals surface area contributed by atoms with Gasteiger partial charge in [-0.3, -0.25) is 24.6 Å². The van der Waals surface area contributed by atoms with E-state index in [0.29, 0.717) is 23.3 Å². The van der Waals surface area contributed by atoms with Gasteiger partial charge in [-0.2, -0.15) is 0 Å². The average molecular weight is 683 g/mol. The van der Waals surface area contributed by atoms with Crippen LogP contribution in [0.1, 0.15) is 44.4 Å². The fourth-order valence-corrected chi connectivity index (χ4v) is 7.21. The van der Waals surface area contributed by atoms with Crippen LogP contribution in [0.15, 0.2) is 108 Å². The highest BCUT2D eigenvalue weighted by atomic mass is 32.2. The van der Waals surface area contributed by atoms with Gasteiger partial charge in [0.15, 0.2) is 6.10 Å². The molecule has 49 heavy (non-hydrogen) atoms. The van der Waals surface area contributed by atoms with Crippen LogP contribution in [0, 0.1) is 10.1 Å². The summed E-state index contributed by atoms with van der Waals surface area (Å²) in [7, 11) is 0. The average Bonchev–Trinajstić information content (AvgIpc) is 3.45. The topological polar surface area (TPSA) is 148 Å². The number of alkyl carbamates (subject to hydrolysis) is 1. The summed E-state index contributed by atoms with van der Waals surface area (Å²) in [6, 6.07) is 23.3. The number of thioether (sulfide) groups is 1. The van der Waals surface area contributed by atoms with Gasteiger partial charge in [-0.05, 0) is 56.0 Å². The summed E-state index contributed by atoms with van der Waals surface area (Å²) < 4.78 is 11.6. The standard InChI is InChI=1S/C36H34N4O8S/c1-36(2,3)48-35(44)37-28-32(42)39-29(34(43)47-30(22-11-6-4-7-12-22)23-13-8-5-9-14-23)25(21-49-33(28)39)19-24-17-18-38(31(24)41)26-15-10-16-27(20-26)40(45)46/h4-16,19-20,28,30,33H,17-18,21H2,1-3H3,(H,37,44)/b24-19+/t28-,33-/m1/s1. The number of allylic oxidation sites excluding steroid dienone is 1. The van der Waals surface area contributed by atoms with E-state index in [1.807, 2.05) is 60.7 Å². The Hall–Kier alpha value is -5.43. The highest BCUT2D eigenvalue weighted by molar-refractivity contribution is 8.00. The molecule has 0 radical (unpaired) electrons. The largest absolute Gasteiger partial charge is 0.448 e. The number of β-lactam (4-membered cyclic amide) rings is 1. The number of non-ortho nitro benzene ring substituents is 1. The molecule has 2 saturated heterocycles. The van der Waals surface area contributed by atoms with Crippen molar-refractivity contribution in [1.82, 2.24) is 10.2 Å². The number of anilines is 1. The number of nitrogens with zero attached hydrogens (tertiary/aromatic N) is 3. The van der Waals surface area contributed by atoms with E-state index in [9.17, 15) is 29.3 Å². The Labute approximate surface area is 286 Å². The van der Waals surface area contributed by atoms with Crippen molar-refractivity contribution < 1.29 is 33.6 Å². The first kappa shape index (κ1) is 33.5. The van der Waals surface area contributed by atoms with E-state index in [0.717, 1.165) is 11.1 Å². The molecule has 0 unspecified atom stereocenters. The van der Waals surface area contributed by atoms with Crippen molar-refractivity contribution in [2.75, 3.05) is 17.2 Å². The number of nitro benzene ring substituents is 1. The number of rotatable bonds is 8. The van der Waals surface area contributed by atoms with E-state index in [1.54, 1.807) is 32.9 Å². The predicted octanol–water partition coefficient (Wildman–Crippen LogP) is 5.65. The van der Waals surface area contributed by atoms with Crippen LogP contribution in [0.5, 0.6) is 0 Å². The Kier molecular flexibility index (Phi) is 9.28. The van der Waals surface area contributed by atoms with E-state index >= 15 is 0 Å². The van der Waals surface area contributed by atoms with Crippen LogP contribution in [0.4, 0.5) is 16.2 Å². The molecule has 0 spiro atoms. The Morgan fingerprint density at radius 3 is 2.27 bits per heavy atom. The zero-order chi connectivity index (χ0) is 34.9. The number of carbonyl (C=O) groups is 4. The van der Waals surface area contributed by atoms with Crippen LogP contribution in [0.3, 0.4) is 0 Å². The number of esters is 1. The lowest BCUT2D eigenvalue weighted by Gasteiger charge is -2.49. The number of hydrogen-bond acceptors (Lipinski definition) is 9. The first-order valence-corrected chi connectivity index (χ1v) is 16.7. The summed E-state index contributed by atoms with van der Waals surface area (Å²) in [4.78, 5) is 67.7. The smallest absolute Gasteiger partial charge is 0.408 e. The van der Waals surface area contributed by atoms with Gasteiger partial charge in [0.25, 0.3) is 17.5 Å². The summed E-state index contributed by atoms with van der Waals surface area (Å²) in [5, 5.41) is 13.4. The maximum atomic E-state index is 14.3. The Morgan fingerprint density at radius 2 is 1.65 bits per heavy atom. The predicted molar refractivity (Wildman–Crippen MR) is 182 cm³/mol.